The summed E-state index contributed by atoms with van der Waals surface area (Å²) in [4.78, 5) is 8.71. The van der Waals surface area contributed by atoms with E-state index in [4.69, 9.17) is 0 Å². The lowest BCUT2D eigenvalue weighted by Crippen LogP contribution is -2.57. The number of guanidine groups is 1. The highest BCUT2D eigenvalue weighted by molar-refractivity contribution is 14.0. The Balaban J connectivity index is 0.00000529. The van der Waals surface area contributed by atoms with E-state index in [1.165, 1.54) is 0 Å². The summed E-state index contributed by atoms with van der Waals surface area (Å²) in [6, 6.07) is 0.577. The Kier molecular flexibility index (Phi) is 10.1. The fourth-order valence-electron chi connectivity index (χ4n) is 2.60. The normalized spacial score (nSPS) is 20.2. The largest absolute Gasteiger partial charge is 0.356 e. The summed E-state index contributed by atoms with van der Waals surface area (Å²) in [7, 11) is 0.889. The molecule has 0 bridgehead atoms. The number of hydrogen-bond acceptors (Lipinski definition) is 4. The monoisotopic (exact) mass is 474 g/mol. The number of unbranched alkanes of at least 4 members (excludes halogenated alkanes) is 1. The number of nitrogens with zero attached hydrogens (tertiary/aromatic N) is 3. The van der Waals surface area contributed by atoms with Gasteiger partial charge in [0.2, 0.25) is 0 Å². The standard InChI is InChI=1S/C16H34N4O2S.HI/c1-14(2)19(6)10-8-7-9-18-15(17-5)20-11-12-23(21,22)16(3,4)13-20;/h14H,7-13H2,1-6H3,(H,17,18);1H. The third kappa shape index (κ3) is 6.67. The van der Waals surface area contributed by atoms with Crippen molar-refractivity contribution >= 4 is 39.8 Å². The van der Waals surface area contributed by atoms with Gasteiger partial charge in [-0.1, -0.05) is 0 Å². The van der Waals surface area contributed by atoms with Crippen molar-refractivity contribution in [1.29, 1.82) is 0 Å². The van der Waals surface area contributed by atoms with Crippen LogP contribution in [0.4, 0.5) is 0 Å². The number of aliphatic imine (C=N–C) groups is 1. The molecule has 6 nitrogen and oxygen atoms in total. The van der Waals surface area contributed by atoms with Crippen molar-refractivity contribution in [1.82, 2.24) is 15.1 Å². The molecule has 144 valence electrons. The van der Waals surface area contributed by atoms with Gasteiger partial charge < -0.3 is 15.1 Å². The number of hydrogen-bond donors (Lipinski definition) is 1. The van der Waals surface area contributed by atoms with E-state index in [1.54, 1.807) is 20.9 Å². The first-order valence-corrected chi connectivity index (χ1v) is 10.1. The van der Waals surface area contributed by atoms with Gasteiger partial charge >= 0.3 is 0 Å². The molecule has 1 fully saturated rings. The van der Waals surface area contributed by atoms with Crippen molar-refractivity contribution < 1.29 is 8.42 Å². The smallest absolute Gasteiger partial charge is 0.193 e. The van der Waals surface area contributed by atoms with Crippen LogP contribution in [0.2, 0.25) is 0 Å². The Hall–Kier alpha value is -0.0900. The van der Waals surface area contributed by atoms with Gasteiger partial charge in [-0.05, 0) is 54.1 Å². The highest BCUT2D eigenvalue weighted by atomic mass is 127. The van der Waals surface area contributed by atoms with E-state index in [2.05, 4.69) is 41.0 Å². The summed E-state index contributed by atoms with van der Waals surface area (Å²) in [5.41, 5.74) is 0. The second-order valence-corrected chi connectivity index (χ2v) is 10.00. The Bertz CT molecular complexity index is 506. The molecule has 1 heterocycles. The lowest BCUT2D eigenvalue weighted by Gasteiger charge is -2.39. The highest BCUT2D eigenvalue weighted by Crippen LogP contribution is 2.23. The van der Waals surface area contributed by atoms with E-state index in [0.717, 1.165) is 31.9 Å². The Labute approximate surface area is 165 Å². The van der Waals surface area contributed by atoms with Crippen LogP contribution in [0.15, 0.2) is 4.99 Å². The molecule has 1 rings (SSSR count). The number of halogens is 1. The highest BCUT2D eigenvalue weighted by Gasteiger charge is 2.40. The van der Waals surface area contributed by atoms with Crippen LogP contribution in [0.1, 0.15) is 40.5 Å². The average Bonchev–Trinajstić information content (AvgIpc) is 2.45. The molecular weight excluding hydrogens is 439 g/mol. The molecule has 1 aliphatic rings. The number of nitrogens with one attached hydrogen (secondary N) is 1. The molecule has 1 saturated heterocycles. The molecule has 1 N–H and O–H groups in total. The first-order valence-electron chi connectivity index (χ1n) is 8.49. The maximum absolute atomic E-state index is 12.1. The minimum Gasteiger partial charge on any atom is -0.356 e. The maximum Gasteiger partial charge on any atom is 0.193 e. The van der Waals surface area contributed by atoms with Crippen LogP contribution in [-0.2, 0) is 9.84 Å². The first-order chi connectivity index (χ1) is 10.6. The van der Waals surface area contributed by atoms with Gasteiger partial charge in [-0.25, -0.2) is 8.42 Å². The van der Waals surface area contributed by atoms with Crippen LogP contribution in [0.3, 0.4) is 0 Å². The molecule has 0 saturated carbocycles. The summed E-state index contributed by atoms with van der Waals surface area (Å²) in [5, 5.41) is 3.37. The van der Waals surface area contributed by atoms with Crippen LogP contribution in [0.5, 0.6) is 0 Å². The summed E-state index contributed by atoms with van der Waals surface area (Å²) < 4.78 is 23.5. The minimum absolute atomic E-state index is 0. The van der Waals surface area contributed by atoms with Gasteiger partial charge in [0.25, 0.3) is 0 Å². The molecule has 0 aromatic rings. The van der Waals surface area contributed by atoms with Crippen LogP contribution < -0.4 is 5.32 Å². The molecule has 0 aliphatic carbocycles. The summed E-state index contributed by atoms with van der Waals surface area (Å²) in [6.07, 6.45) is 2.21. The van der Waals surface area contributed by atoms with Crippen LogP contribution in [-0.4, -0.2) is 81.0 Å². The predicted molar refractivity (Wildman–Crippen MR) is 113 cm³/mol. The minimum atomic E-state index is -3.01. The molecule has 0 radical (unpaired) electrons. The van der Waals surface area contributed by atoms with Crippen molar-refractivity contribution in [3.63, 3.8) is 0 Å². The van der Waals surface area contributed by atoms with Gasteiger partial charge in [0.15, 0.2) is 15.8 Å². The molecular formula is C16H35IN4O2S. The maximum atomic E-state index is 12.1. The third-order valence-corrected chi connectivity index (χ3v) is 7.19. The SMILES string of the molecule is CN=C(NCCCCN(C)C(C)C)N1CCS(=O)(=O)C(C)(C)C1.I. The topological polar surface area (TPSA) is 65.0 Å². The second-order valence-electron chi connectivity index (χ2n) is 7.26. The van der Waals surface area contributed by atoms with E-state index in [9.17, 15) is 8.42 Å². The molecule has 0 aromatic carbocycles. The summed E-state index contributed by atoms with van der Waals surface area (Å²) >= 11 is 0. The van der Waals surface area contributed by atoms with Gasteiger partial charge in [0, 0.05) is 32.7 Å². The van der Waals surface area contributed by atoms with Crippen LogP contribution >= 0.6 is 24.0 Å². The molecule has 24 heavy (non-hydrogen) atoms. The van der Waals surface area contributed by atoms with E-state index < -0.39 is 14.6 Å². The quantitative estimate of drug-likeness (QED) is 0.275. The zero-order valence-corrected chi connectivity index (χ0v) is 19.1. The summed E-state index contributed by atoms with van der Waals surface area (Å²) in [6.45, 7) is 11.0. The average molecular weight is 474 g/mol. The van der Waals surface area contributed by atoms with Crippen molar-refractivity contribution in [2.45, 2.75) is 51.3 Å². The Morgan fingerprint density at radius 1 is 1.33 bits per heavy atom. The number of sulfone groups is 1. The van der Waals surface area contributed by atoms with Crippen molar-refractivity contribution in [2.75, 3.05) is 46.0 Å². The lowest BCUT2D eigenvalue weighted by atomic mass is 10.2. The molecule has 0 atom stereocenters. The fraction of sp³-hybridized carbons (Fsp3) is 0.938. The molecule has 0 aromatic heterocycles. The molecule has 1 aliphatic heterocycles. The fourth-order valence-corrected chi connectivity index (χ4v) is 3.97. The van der Waals surface area contributed by atoms with E-state index >= 15 is 0 Å². The summed E-state index contributed by atoms with van der Waals surface area (Å²) in [5.74, 6) is 1.00. The lowest BCUT2D eigenvalue weighted by molar-refractivity contribution is 0.268. The zero-order valence-electron chi connectivity index (χ0n) is 16.0. The Morgan fingerprint density at radius 3 is 2.46 bits per heavy atom. The van der Waals surface area contributed by atoms with Gasteiger partial charge in [-0.3, -0.25) is 4.99 Å². The van der Waals surface area contributed by atoms with E-state index in [-0.39, 0.29) is 29.7 Å². The van der Waals surface area contributed by atoms with E-state index in [0.29, 0.717) is 19.1 Å². The van der Waals surface area contributed by atoms with E-state index in [1.807, 2.05) is 0 Å². The van der Waals surface area contributed by atoms with Crippen LogP contribution in [0.25, 0.3) is 0 Å². The second kappa shape index (κ2) is 10.2. The van der Waals surface area contributed by atoms with Gasteiger partial charge in [0.1, 0.15) is 0 Å². The van der Waals surface area contributed by atoms with Gasteiger partial charge in [-0.2, -0.15) is 0 Å². The third-order valence-electron chi connectivity index (χ3n) is 4.66. The molecule has 8 heteroatoms. The van der Waals surface area contributed by atoms with Crippen molar-refractivity contribution in [2.24, 2.45) is 4.99 Å². The zero-order chi connectivity index (χ0) is 17.7. The number of rotatable bonds is 6. The predicted octanol–water partition coefficient (Wildman–Crippen LogP) is 1.81. The molecule has 0 amide bonds. The van der Waals surface area contributed by atoms with Crippen LogP contribution in [0, 0.1) is 0 Å². The molecule has 0 unspecified atom stereocenters. The first kappa shape index (κ1) is 23.9. The molecule has 0 spiro atoms. The Morgan fingerprint density at radius 2 is 1.96 bits per heavy atom. The van der Waals surface area contributed by atoms with Crippen molar-refractivity contribution in [3.05, 3.63) is 0 Å². The van der Waals surface area contributed by atoms with Gasteiger partial charge in [0.05, 0.1) is 10.5 Å². The van der Waals surface area contributed by atoms with Crippen molar-refractivity contribution in [3.8, 4) is 0 Å². The van der Waals surface area contributed by atoms with Gasteiger partial charge in [-0.15, -0.1) is 24.0 Å².